The molecule has 0 aromatic carbocycles. The number of hydrogen-bond donors (Lipinski definition) is 0. The highest BCUT2D eigenvalue weighted by Crippen LogP contribution is 2.72. The minimum Gasteiger partial charge on any atom is -0.429 e. The van der Waals surface area contributed by atoms with Gasteiger partial charge in [-0.25, -0.2) is 4.79 Å². The first kappa shape index (κ1) is 16.0. The van der Waals surface area contributed by atoms with Gasteiger partial charge >= 0.3 is 6.16 Å². The number of hydrogen-bond acceptors (Lipinski definition) is 4. The molecule has 0 amide bonds. The minimum atomic E-state index is -0.508. The third-order valence-electron chi connectivity index (χ3n) is 8.58. The monoisotopic (exact) mass is 358 g/mol. The van der Waals surface area contributed by atoms with Crippen LogP contribution in [0.4, 0.5) is 4.79 Å². The van der Waals surface area contributed by atoms with Crippen molar-refractivity contribution in [2.24, 2.45) is 47.3 Å². The zero-order valence-corrected chi connectivity index (χ0v) is 16.2. The summed E-state index contributed by atoms with van der Waals surface area (Å²) in [6.07, 6.45) is 8.81. The molecule has 11 atom stereocenters. The smallest absolute Gasteiger partial charge is 0.429 e. The molecule has 5 fully saturated rings. The topological polar surface area (TPSA) is 44.8 Å². The number of allylic oxidation sites excluding steroid dienone is 2. The SMILES string of the molecule is CC(C)(C)OC(=O)OC1(C)CC2CC1C1C3OC(C4C5C=CC(C5)C34)C21. The van der Waals surface area contributed by atoms with Crippen molar-refractivity contribution in [3.8, 4) is 0 Å². The van der Waals surface area contributed by atoms with Crippen LogP contribution in [0.5, 0.6) is 0 Å². The average molecular weight is 358 g/mol. The van der Waals surface area contributed by atoms with Gasteiger partial charge in [-0.2, -0.15) is 0 Å². The molecule has 0 radical (unpaired) electrons. The van der Waals surface area contributed by atoms with E-state index in [2.05, 4.69) is 19.1 Å². The van der Waals surface area contributed by atoms with Gasteiger partial charge in [0.2, 0.25) is 0 Å². The molecule has 3 saturated carbocycles. The van der Waals surface area contributed by atoms with E-state index in [0.717, 1.165) is 30.1 Å². The van der Waals surface area contributed by atoms with Gasteiger partial charge < -0.3 is 14.2 Å². The quantitative estimate of drug-likeness (QED) is 0.521. The Bertz CT molecular complexity index is 693. The molecule has 2 heterocycles. The van der Waals surface area contributed by atoms with Crippen molar-refractivity contribution in [3.05, 3.63) is 12.2 Å². The van der Waals surface area contributed by atoms with E-state index in [0.29, 0.717) is 35.9 Å². The lowest BCUT2D eigenvalue weighted by atomic mass is 9.58. The van der Waals surface area contributed by atoms with E-state index in [1.54, 1.807) is 0 Å². The van der Waals surface area contributed by atoms with Gasteiger partial charge in [0.25, 0.3) is 0 Å². The van der Waals surface area contributed by atoms with E-state index in [1.807, 2.05) is 20.8 Å². The van der Waals surface area contributed by atoms with Crippen molar-refractivity contribution in [1.29, 1.82) is 0 Å². The van der Waals surface area contributed by atoms with E-state index >= 15 is 0 Å². The molecule has 0 aromatic rings. The predicted octanol–water partition coefficient (Wildman–Crippen LogP) is 4.19. The summed E-state index contributed by atoms with van der Waals surface area (Å²) in [5.74, 6) is 5.37. The van der Waals surface area contributed by atoms with Crippen molar-refractivity contribution in [2.45, 2.75) is 70.4 Å². The highest BCUT2D eigenvalue weighted by molar-refractivity contribution is 5.61. The Balaban J connectivity index is 1.25. The second kappa shape index (κ2) is 4.68. The van der Waals surface area contributed by atoms with Gasteiger partial charge in [-0.1, -0.05) is 12.2 Å². The van der Waals surface area contributed by atoms with Gasteiger partial charge in [-0.05, 0) is 88.4 Å². The zero-order valence-electron chi connectivity index (χ0n) is 16.2. The third kappa shape index (κ3) is 1.87. The van der Waals surface area contributed by atoms with Crippen LogP contribution in [-0.4, -0.2) is 29.6 Å². The van der Waals surface area contributed by atoms with E-state index in [9.17, 15) is 4.79 Å². The summed E-state index contributed by atoms with van der Waals surface area (Å²) in [5, 5.41) is 0. The van der Waals surface area contributed by atoms with Crippen LogP contribution < -0.4 is 0 Å². The molecule has 2 aliphatic heterocycles. The molecular formula is C22H30O4. The number of carbonyl (C=O) groups is 1. The van der Waals surface area contributed by atoms with Crippen LogP contribution in [0.3, 0.4) is 0 Å². The highest BCUT2D eigenvalue weighted by atomic mass is 16.7. The van der Waals surface area contributed by atoms with Gasteiger partial charge in [0.05, 0.1) is 12.2 Å². The van der Waals surface area contributed by atoms with E-state index in [1.165, 1.54) is 12.8 Å². The number of fused-ring (bicyclic) bond motifs is 16. The maximum atomic E-state index is 12.4. The Hall–Kier alpha value is -1.03. The second-order valence-electron chi connectivity index (χ2n) is 11.0. The maximum Gasteiger partial charge on any atom is 0.509 e. The molecule has 0 N–H and O–H groups in total. The van der Waals surface area contributed by atoms with Crippen LogP contribution in [0.25, 0.3) is 0 Å². The van der Waals surface area contributed by atoms with Crippen LogP contribution in [0.15, 0.2) is 12.2 Å². The molecule has 0 spiro atoms. The van der Waals surface area contributed by atoms with Crippen molar-refractivity contribution in [2.75, 3.05) is 0 Å². The number of rotatable bonds is 1. The van der Waals surface area contributed by atoms with Crippen LogP contribution in [0.2, 0.25) is 0 Å². The van der Waals surface area contributed by atoms with Crippen LogP contribution in [0.1, 0.15) is 47.0 Å². The van der Waals surface area contributed by atoms with Crippen LogP contribution in [-0.2, 0) is 14.2 Å². The van der Waals surface area contributed by atoms with E-state index in [-0.39, 0.29) is 5.60 Å². The Kier molecular flexibility index (Phi) is 2.88. The fourth-order valence-electron chi connectivity index (χ4n) is 8.17. The summed E-state index contributed by atoms with van der Waals surface area (Å²) in [4.78, 5) is 12.4. The largest absolute Gasteiger partial charge is 0.509 e. The fourth-order valence-corrected chi connectivity index (χ4v) is 8.17. The van der Waals surface area contributed by atoms with Gasteiger partial charge in [0.15, 0.2) is 0 Å². The lowest BCUT2D eigenvalue weighted by Crippen LogP contribution is -2.51. The van der Waals surface area contributed by atoms with Gasteiger partial charge in [-0.3, -0.25) is 0 Å². The molecular weight excluding hydrogens is 328 g/mol. The first-order valence-corrected chi connectivity index (χ1v) is 10.5. The first-order chi connectivity index (χ1) is 12.3. The lowest BCUT2D eigenvalue weighted by Gasteiger charge is -2.46. The van der Waals surface area contributed by atoms with E-state index < -0.39 is 11.8 Å². The second-order valence-corrected chi connectivity index (χ2v) is 11.0. The summed E-state index contributed by atoms with van der Waals surface area (Å²) in [5.41, 5.74) is -0.892. The molecule has 6 bridgehead atoms. The van der Waals surface area contributed by atoms with Crippen molar-refractivity contribution >= 4 is 6.16 Å². The molecule has 6 aliphatic rings. The molecule has 4 heteroatoms. The van der Waals surface area contributed by atoms with Gasteiger partial charge in [0, 0.05) is 5.92 Å². The molecule has 0 aromatic heterocycles. The molecule has 4 nitrogen and oxygen atoms in total. The minimum absolute atomic E-state index is 0.384. The van der Waals surface area contributed by atoms with Crippen LogP contribution in [0, 0.1) is 47.3 Å². The van der Waals surface area contributed by atoms with Crippen molar-refractivity contribution in [1.82, 2.24) is 0 Å². The predicted molar refractivity (Wildman–Crippen MR) is 95.3 cm³/mol. The molecule has 2 saturated heterocycles. The third-order valence-corrected chi connectivity index (χ3v) is 8.58. The van der Waals surface area contributed by atoms with Crippen molar-refractivity contribution < 1.29 is 19.0 Å². The number of ether oxygens (including phenoxy) is 3. The average Bonchev–Trinajstić information content (AvgIpc) is 3.30. The Morgan fingerprint density at radius 2 is 1.69 bits per heavy atom. The Morgan fingerprint density at radius 3 is 2.35 bits per heavy atom. The normalized spacial score (nSPS) is 57.5. The standard InChI is InChI=1S/C22H30O4/c1-21(2,3)25-20(23)26-22(4)9-12-8-13(22)17-16(12)18-14-10-5-6-11(7-10)15(14)19(17)24-18/h5-6,10-19H,7-9H2,1-4H3. The summed E-state index contributed by atoms with van der Waals surface area (Å²) < 4.78 is 18.1. The van der Waals surface area contributed by atoms with Crippen molar-refractivity contribution in [3.63, 3.8) is 0 Å². The summed E-state index contributed by atoms with van der Waals surface area (Å²) in [7, 11) is 0. The molecule has 142 valence electrons. The van der Waals surface area contributed by atoms with Gasteiger partial charge in [-0.15, -0.1) is 0 Å². The molecule has 26 heavy (non-hydrogen) atoms. The molecule has 4 aliphatic carbocycles. The zero-order chi connectivity index (χ0) is 18.0. The van der Waals surface area contributed by atoms with E-state index in [4.69, 9.17) is 14.2 Å². The Morgan fingerprint density at radius 1 is 1.04 bits per heavy atom. The number of carbonyl (C=O) groups excluding carboxylic acids is 1. The summed E-state index contributed by atoms with van der Waals surface area (Å²) >= 11 is 0. The Labute approximate surface area is 155 Å². The van der Waals surface area contributed by atoms with Gasteiger partial charge in [0.1, 0.15) is 11.2 Å². The molecule has 6 rings (SSSR count). The van der Waals surface area contributed by atoms with Crippen LogP contribution >= 0.6 is 0 Å². The first-order valence-electron chi connectivity index (χ1n) is 10.5. The summed E-state index contributed by atoms with van der Waals surface area (Å²) in [6, 6.07) is 0. The maximum absolute atomic E-state index is 12.4. The fraction of sp³-hybridized carbons (Fsp3) is 0.864. The molecule has 11 unspecified atom stereocenters. The lowest BCUT2D eigenvalue weighted by molar-refractivity contribution is -0.103. The highest BCUT2D eigenvalue weighted by Gasteiger charge is 2.74. The summed E-state index contributed by atoms with van der Waals surface area (Å²) in [6.45, 7) is 7.81.